The van der Waals surface area contributed by atoms with Gasteiger partial charge in [0, 0.05) is 23.1 Å². The van der Waals surface area contributed by atoms with Gasteiger partial charge in [0.25, 0.3) is 0 Å². The number of aromatic nitrogens is 2. The van der Waals surface area contributed by atoms with E-state index in [1.807, 2.05) is 28.8 Å². The number of anilines is 1. The quantitative estimate of drug-likeness (QED) is 0.868. The number of fused-ring (bicyclic) bond motifs is 1. The van der Waals surface area contributed by atoms with E-state index in [1.165, 1.54) is 0 Å². The second-order valence-corrected chi connectivity index (χ2v) is 5.14. The molecule has 0 saturated carbocycles. The lowest BCUT2D eigenvalue weighted by Gasteiger charge is -2.15. The predicted octanol–water partition coefficient (Wildman–Crippen LogP) is 2.94. The van der Waals surface area contributed by atoms with E-state index < -0.39 is 0 Å². The Kier molecular flexibility index (Phi) is 2.91. The monoisotopic (exact) mass is 305 g/mol. The molecule has 2 heterocycles. The molecule has 1 aliphatic heterocycles. The summed E-state index contributed by atoms with van der Waals surface area (Å²) < 4.78 is 2.97. The van der Waals surface area contributed by atoms with E-state index in [0.29, 0.717) is 5.69 Å². The molecule has 0 atom stereocenters. The molecular weight excluding hydrogens is 294 g/mol. The fourth-order valence-electron chi connectivity index (χ4n) is 2.20. The lowest BCUT2D eigenvalue weighted by Crippen LogP contribution is -2.18. The molecule has 1 aromatic carbocycles. The number of nitrogens with one attached hydrogen (secondary N) is 1. The zero-order chi connectivity index (χ0) is 12.5. The van der Waals surface area contributed by atoms with Gasteiger partial charge in [-0.1, -0.05) is 28.1 Å². The molecule has 1 aromatic heterocycles. The summed E-state index contributed by atoms with van der Waals surface area (Å²) in [6, 6.07) is 7.84. The summed E-state index contributed by atoms with van der Waals surface area (Å²) in [7, 11) is 0. The number of aldehydes is 1. The second-order valence-electron chi connectivity index (χ2n) is 4.23. The van der Waals surface area contributed by atoms with E-state index in [-0.39, 0.29) is 0 Å². The van der Waals surface area contributed by atoms with Crippen molar-refractivity contribution < 1.29 is 4.79 Å². The number of hydrogen-bond donors (Lipinski definition) is 1. The van der Waals surface area contributed by atoms with Crippen LogP contribution in [0.4, 0.5) is 5.95 Å². The van der Waals surface area contributed by atoms with Gasteiger partial charge in [0.05, 0.1) is 0 Å². The number of benzene rings is 1. The van der Waals surface area contributed by atoms with Crippen molar-refractivity contribution in [3.63, 3.8) is 0 Å². The number of hydrogen-bond acceptors (Lipinski definition) is 3. The average molecular weight is 306 g/mol. The highest BCUT2D eigenvalue weighted by Gasteiger charge is 2.19. The van der Waals surface area contributed by atoms with Crippen LogP contribution in [0.3, 0.4) is 0 Å². The smallest absolute Gasteiger partial charge is 0.203 e. The van der Waals surface area contributed by atoms with E-state index in [1.54, 1.807) is 0 Å². The van der Waals surface area contributed by atoms with E-state index in [0.717, 1.165) is 47.5 Å². The summed E-state index contributed by atoms with van der Waals surface area (Å²) >= 11 is 3.40. The third-order valence-corrected chi connectivity index (χ3v) is 3.61. The van der Waals surface area contributed by atoms with Gasteiger partial charge in [-0.15, -0.1) is 0 Å². The highest BCUT2D eigenvalue weighted by molar-refractivity contribution is 9.10. The minimum Gasteiger partial charge on any atom is -0.356 e. The first-order chi connectivity index (χ1) is 8.79. The van der Waals surface area contributed by atoms with Gasteiger partial charge in [-0.3, -0.25) is 4.79 Å². The summed E-state index contributed by atoms with van der Waals surface area (Å²) in [6.07, 6.45) is 1.91. The van der Waals surface area contributed by atoms with Crippen LogP contribution in [0.25, 0.3) is 11.3 Å². The molecular formula is C13H12BrN3O. The fourth-order valence-corrected chi connectivity index (χ4v) is 2.47. The van der Waals surface area contributed by atoms with Gasteiger partial charge in [-0.2, -0.15) is 0 Å². The van der Waals surface area contributed by atoms with Gasteiger partial charge in [-0.05, 0) is 18.6 Å². The van der Waals surface area contributed by atoms with Crippen LogP contribution in [0, 0.1) is 0 Å². The van der Waals surface area contributed by atoms with Crippen LogP contribution in [0.15, 0.2) is 28.7 Å². The summed E-state index contributed by atoms with van der Waals surface area (Å²) in [4.78, 5) is 15.8. The minimum absolute atomic E-state index is 0.652. The molecule has 0 fully saturated rings. The van der Waals surface area contributed by atoms with Crippen molar-refractivity contribution in [3.05, 3.63) is 34.4 Å². The van der Waals surface area contributed by atoms with Crippen LogP contribution >= 0.6 is 15.9 Å². The lowest BCUT2D eigenvalue weighted by molar-refractivity contribution is 0.111. The predicted molar refractivity (Wildman–Crippen MR) is 73.9 cm³/mol. The third-order valence-electron chi connectivity index (χ3n) is 3.08. The number of rotatable bonds is 2. The molecule has 2 aromatic rings. The first-order valence-corrected chi connectivity index (χ1v) is 6.64. The summed E-state index contributed by atoms with van der Waals surface area (Å²) in [5, 5.41) is 3.22. The molecule has 0 spiro atoms. The Hall–Kier alpha value is -1.62. The van der Waals surface area contributed by atoms with Gasteiger partial charge in [0.1, 0.15) is 11.4 Å². The van der Waals surface area contributed by atoms with Crippen LogP contribution in [-0.4, -0.2) is 22.4 Å². The topological polar surface area (TPSA) is 46.9 Å². The highest BCUT2D eigenvalue weighted by Crippen LogP contribution is 2.28. The van der Waals surface area contributed by atoms with Gasteiger partial charge in [0.2, 0.25) is 5.95 Å². The van der Waals surface area contributed by atoms with E-state index in [4.69, 9.17) is 0 Å². The number of halogens is 1. The van der Waals surface area contributed by atoms with Gasteiger partial charge >= 0.3 is 0 Å². The third kappa shape index (κ3) is 1.84. The van der Waals surface area contributed by atoms with Crippen LogP contribution in [-0.2, 0) is 6.54 Å². The van der Waals surface area contributed by atoms with Crippen LogP contribution in [0.1, 0.15) is 16.9 Å². The highest BCUT2D eigenvalue weighted by atomic mass is 79.9. The van der Waals surface area contributed by atoms with Crippen molar-refractivity contribution in [1.29, 1.82) is 0 Å². The van der Waals surface area contributed by atoms with Gasteiger partial charge in [-0.25, -0.2) is 4.98 Å². The van der Waals surface area contributed by atoms with E-state index >= 15 is 0 Å². The molecule has 18 heavy (non-hydrogen) atoms. The maximum absolute atomic E-state index is 11.3. The Balaban J connectivity index is 2.14. The van der Waals surface area contributed by atoms with Crippen molar-refractivity contribution in [2.45, 2.75) is 13.0 Å². The Morgan fingerprint density at radius 2 is 2.11 bits per heavy atom. The number of imidazole rings is 1. The van der Waals surface area contributed by atoms with Crippen LogP contribution in [0.2, 0.25) is 0 Å². The Bertz CT molecular complexity index is 589. The maximum Gasteiger partial charge on any atom is 0.203 e. The molecule has 5 heteroatoms. The SMILES string of the molecule is O=Cc1c(-c2ccc(Br)cc2)nc2n1CCCN2. The summed E-state index contributed by atoms with van der Waals surface area (Å²) in [6.45, 7) is 1.76. The molecule has 1 aliphatic rings. The minimum atomic E-state index is 0.652. The molecule has 0 unspecified atom stereocenters. The first kappa shape index (κ1) is 11.5. The lowest BCUT2D eigenvalue weighted by atomic mass is 10.1. The first-order valence-electron chi connectivity index (χ1n) is 5.85. The summed E-state index contributed by atoms with van der Waals surface area (Å²) in [5.41, 5.74) is 2.37. The zero-order valence-electron chi connectivity index (χ0n) is 9.69. The van der Waals surface area contributed by atoms with E-state index in [2.05, 4.69) is 26.2 Å². The van der Waals surface area contributed by atoms with E-state index in [9.17, 15) is 4.79 Å². The Morgan fingerprint density at radius 3 is 2.83 bits per heavy atom. The van der Waals surface area contributed by atoms with Crippen molar-refractivity contribution in [2.75, 3.05) is 11.9 Å². The molecule has 3 rings (SSSR count). The molecule has 0 saturated heterocycles. The number of carbonyl (C=O) groups is 1. The summed E-state index contributed by atoms with van der Waals surface area (Å²) in [5.74, 6) is 0.793. The zero-order valence-corrected chi connectivity index (χ0v) is 11.3. The van der Waals surface area contributed by atoms with Crippen molar-refractivity contribution in [1.82, 2.24) is 9.55 Å². The molecule has 0 bridgehead atoms. The second kappa shape index (κ2) is 4.57. The van der Waals surface area contributed by atoms with Crippen molar-refractivity contribution >= 4 is 28.2 Å². The number of carbonyl (C=O) groups excluding carboxylic acids is 1. The Labute approximate surface area is 113 Å². The normalized spacial score (nSPS) is 13.8. The average Bonchev–Trinajstić information content (AvgIpc) is 2.78. The Morgan fingerprint density at radius 1 is 1.33 bits per heavy atom. The fraction of sp³-hybridized carbons (Fsp3) is 0.231. The molecule has 4 nitrogen and oxygen atoms in total. The largest absolute Gasteiger partial charge is 0.356 e. The number of nitrogens with zero attached hydrogens (tertiary/aromatic N) is 2. The van der Waals surface area contributed by atoms with Crippen LogP contribution < -0.4 is 5.32 Å². The molecule has 1 N–H and O–H groups in total. The van der Waals surface area contributed by atoms with Crippen molar-refractivity contribution in [2.24, 2.45) is 0 Å². The van der Waals surface area contributed by atoms with Crippen molar-refractivity contribution in [3.8, 4) is 11.3 Å². The standard InChI is InChI=1S/C13H12BrN3O/c14-10-4-2-9(3-5-10)12-11(8-18)17-7-1-6-15-13(17)16-12/h2-5,8H,1,6-7H2,(H,15,16). The maximum atomic E-state index is 11.3. The molecule has 92 valence electrons. The van der Waals surface area contributed by atoms with Crippen LogP contribution in [0.5, 0.6) is 0 Å². The molecule has 0 radical (unpaired) electrons. The van der Waals surface area contributed by atoms with Gasteiger partial charge in [0.15, 0.2) is 6.29 Å². The molecule has 0 amide bonds. The molecule has 0 aliphatic carbocycles. The van der Waals surface area contributed by atoms with Gasteiger partial charge < -0.3 is 9.88 Å².